The van der Waals surface area contributed by atoms with Crippen molar-refractivity contribution in [2.75, 3.05) is 5.73 Å². The zero-order valence-electron chi connectivity index (χ0n) is 9.65. The SMILES string of the molecule is CCc1ncnc(Oc2ccc(N)c(Cl)c2)c1F. The lowest BCUT2D eigenvalue weighted by Crippen LogP contribution is -1.99. The van der Waals surface area contributed by atoms with Gasteiger partial charge in [-0.1, -0.05) is 18.5 Å². The molecule has 0 aliphatic carbocycles. The molecule has 18 heavy (non-hydrogen) atoms. The number of anilines is 1. The number of ether oxygens (including phenoxy) is 1. The normalized spacial score (nSPS) is 10.4. The van der Waals surface area contributed by atoms with E-state index >= 15 is 0 Å². The van der Waals surface area contributed by atoms with Crippen LogP contribution in [0, 0.1) is 5.82 Å². The Hall–Kier alpha value is -1.88. The van der Waals surface area contributed by atoms with Crippen molar-refractivity contribution in [1.29, 1.82) is 0 Å². The van der Waals surface area contributed by atoms with E-state index in [1.54, 1.807) is 19.1 Å². The summed E-state index contributed by atoms with van der Waals surface area (Å²) >= 11 is 5.85. The first-order chi connectivity index (χ1) is 8.61. The molecule has 0 bridgehead atoms. The van der Waals surface area contributed by atoms with Crippen molar-refractivity contribution in [1.82, 2.24) is 9.97 Å². The van der Waals surface area contributed by atoms with E-state index in [0.717, 1.165) is 0 Å². The van der Waals surface area contributed by atoms with Crippen LogP contribution in [-0.2, 0) is 6.42 Å². The van der Waals surface area contributed by atoms with Gasteiger partial charge in [0.05, 0.1) is 16.4 Å². The Morgan fingerprint density at radius 2 is 2.17 bits per heavy atom. The van der Waals surface area contributed by atoms with E-state index in [9.17, 15) is 4.39 Å². The average Bonchev–Trinajstić information content (AvgIpc) is 2.36. The molecule has 1 heterocycles. The summed E-state index contributed by atoms with van der Waals surface area (Å²) in [5.41, 5.74) is 6.31. The molecule has 0 unspecified atom stereocenters. The zero-order chi connectivity index (χ0) is 13.1. The molecule has 6 heteroatoms. The molecule has 0 saturated heterocycles. The van der Waals surface area contributed by atoms with Crippen LogP contribution in [0.5, 0.6) is 11.6 Å². The van der Waals surface area contributed by atoms with Gasteiger partial charge in [-0.2, -0.15) is 9.37 Å². The maximum atomic E-state index is 13.8. The van der Waals surface area contributed by atoms with Crippen LogP contribution in [-0.4, -0.2) is 9.97 Å². The fourth-order valence-electron chi connectivity index (χ4n) is 1.39. The highest BCUT2D eigenvalue weighted by atomic mass is 35.5. The Kier molecular flexibility index (Phi) is 3.62. The number of nitrogens with two attached hydrogens (primary N) is 1. The molecule has 1 aromatic carbocycles. The van der Waals surface area contributed by atoms with Gasteiger partial charge >= 0.3 is 0 Å². The van der Waals surface area contributed by atoms with E-state index in [0.29, 0.717) is 28.6 Å². The molecule has 0 spiro atoms. The van der Waals surface area contributed by atoms with Gasteiger partial charge in [0, 0.05) is 6.07 Å². The van der Waals surface area contributed by atoms with Crippen LogP contribution < -0.4 is 10.5 Å². The Morgan fingerprint density at radius 1 is 1.39 bits per heavy atom. The Labute approximate surface area is 109 Å². The molecule has 2 aromatic rings. The van der Waals surface area contributed by atoms with Crippen molar-refractivity contribution in [3.05, 3.63) is 41.1 Å². The van der Waals surface area contributed by atoms with Crippen LogP contribution in [0.2, 0.25) is 5.02 Å². The predicted octanol–water partition coefficient (Wildman–Crippen LogP) is 3.21. The van der Waals surface area contributed by atoms with Crippen molar-refractivity contribution < 1.29 is 9.13 Å². The molecular formula is C12H11ClFN3O. The highest BCUT2D eigenvalue weighted by Crippen LogP contribution is 2.28. The first kappa shape index (κ1) is 12.6. The van der Waals surface area contributed by atoms with Crippen LogP contribution in [0.4, 0.5) is 10.1 Å². The fourth-order valence-corrected chi connectivity index (χ4v) is 1.56. The summed E-state index contributed by atoms with van der Waals surface area (Å²) in [6, 6.07) is 4.68. The minimum Gasteiger partial charge on any atom is -0.436 e. The second-order valence-corrected chi connectivity index (χ2v) is 3.99. The molecule has 2 N–H and O–H groups in total. The summed E-state index contributed by atoms with van der Waals surface area (Å²) in [5, 5.41) is 0.345. The third kappa shape index (κ3) is 2.51. The topological polar surface area (TPSA) is 61.0 Å². The largest absolute Gasteiger partial charge is 0.436 e. The number of aromatic nitrogens is 2. The molecule has 4 nitrogen and oxygen atoms in total. The highest BCUT2D eigenvalue weighted by molar-refractivity contribution is 6.33. The number of rotatable bonds is 3. The van der Waals surface area contributed by atoms with Crippen molar-refractivity contribution in [2.24, 2.45) is 0 Å². The zero-order valence-corrected chi connectivity index (χ0v) is 10.4. The molecule has 0 amide bonds. The van der Waals surface area contributed by atoms with Crippen LogP contribution in [0.25, 0.3) is 0 Å². The summed E-state index contributed by atoms with van der Waals surface area (Å²) in [6.07, 6.45) is 1.73. The molecule has 0 saturated carbocycles. The summed E-state index contributed by atoms with van der Waals surface area (Å²) in [5.74, 6) is -0.315. The van der Waals surface area contributed by atoms with E-state index < -0.39 is 5.82 Å². The first-order valence-corrected chi connectivity index (χ1v) is 5.72. The minimum atomic E-state index is -0.562. The lowest BCUT2D eigenvalue weighted by Gasteiger charge is -2.08. The molecule has 0 atom stereocenters. The van der Waals surface area contributed by atoms with Gasteiger partial charge in [0.15, 0.2) is 0 Å². The first-order valence-electron chi connectivity index (χ1n) is 5.34. The third-order valence-electron chi connectivity index (χ3n) is 2.35. The molecule has 0 radical (unpaired) electrons. The quantitative estimate of drug-likeness (QED) is 0.868. The lowest BCUT2D eigenvalue weighted by molar-refractivity contribution is 0.415. The Bertz CT molecular complexity index is 577. The smallest absolute Gasteiger partial charge is 0.259 e. The summed E-state index contributed by atoms with van der Waals surface area (Å²) < 4.78 is 19.2. The van der Waals surface area contributed by atoms with Gasteiger partial charge in [-0.15, -0.1) is 0 Å². The van der Waals surface area contributed by atoms with E-state index in [1.807, 2.05) is 0 Å². The summed E-state index contributed by atoms with van der Waals surface area (Å²) in [6.45, 7) is 1.80. The van der Waals surface area contributed by atoms with Crippen molar-refractivity contribution in [3.63, 3.8) is 0 Å². The van der Waals surface area contributed by atoms with Gasteiger partial charge in [0.1, 0.15) is 12.1 Å². The molecule has 0 aliphatic heterocycles. The monoisotopic (exact) mass is 267 g/mol. The maximum absolute atomic E-state index is 13.8. The lowest BCUT2D eigenvalue weighted by atomic mass is 10.3. The van der Waals surface area contributed by atoms with Crippen LogP contribution in [0.1, 0.15) is 12.6 Å². The van der Waals surface area contributed by atoms with Gasteiger partial charge in [-0.25, -0.2) is 4.98 Å². The highest BCUT2D eigenvalue weighted by Gasteiger charge is 2.12. The van der Waals surface area contributed by atoms with E-state index in [2.05, 4.69) is 9.97 Å². The van der Waals surface area contributed by atoms with E-state index in [1.165, 1.54) is 12.4 Å². The van der Waals surface area contributed by atoms with Gasteiger partial charge in [-0.05, 0) is 18.6 Å². The van der Waals surface area contributed by atoms with Crippen molar-refractivity contribution >= 4 is 17.3 Å². The van der Waals surface area contributed by atoms with Crippen LogP contribution in [0.3, 0.4) is 0 Å². The molecule has 2 rings (SSSR count). The maximum Gasteiger partial charge on any atom is 0.259 e. The average molecular weight is 268 g/mol. The molecular weight excluding hydrogens is 257 g/mol. The molecule has 0 fully saturated rings. The predicted molar refractivity (Wildman–Crippen MR) is 67.3 cm³/mol. The molecule has 94 valence electrons. The molecule has 0 aliphatic rings. The number of nitrogen functional groups attached to an aromatic ring is 1. The van der Waals surface area contributed by atoms with Gasteiger partial charge in [0.25, 0.3) is 5.88 Å². The number of halogens is 2. The van der Waals surface area contributed by atoms with Gasteiger partial charge < -0.3 is 10.5 Å². The van der Waals surface area contributed by atoms with Gasteiger partial charge in [-0.3, -0.25) is 0 Å². The number of nitrogens with zero attached hydrogens (tertiary/aromatic N) is 2. The number of hydrogen-bond donors (Lipinski definition) is 1. The third-order valence-corrected chi connectivity index (χ3v) is 2.68. The van der Waals surface area contributed by atoms with Gasteiger partial charge in [0.2, 0.25) is 5.82 Å². The number of hydrogen-bond acceptors (Lipinski definition) is 4. The van der Waals surface area contributed by atoms with Crippen LogP contribution in [0.15, 0.2) is 24.5 Å². The van der Waals surface area contributed by atoms with Crippen molar-refractivity contribution in [2.45, 2.75) is 13.3 Å². The minimum absolute atomic E-state index is 0.123. The Morgan fingerprint density at radius 3 is 2.83 bits per heavy atom. The second-order valence-electron chi connectivity index (χ2n) is 3.58. The summed E-state index contributed by atoms with van der Waals surface area (Å²) in [7, 11) is 0. The second kappa shape index (κ2) is 5.18. The number of benzene rings is 1. The number of aryl methyl sites for hydroxylation is 1. The Balaban J connectivity index is 2.31. The van der Waals surface area contributed by atoms with Crippen LogP contribution >= 0.6 is 11.6 Å². The van der Waals surface area contributed by atoms with Crippen molar-refractivity contribution in [3.8, 4) is 11.6 Å². The standard InChI is InChI=1S/C12H11ClFN3O/c1-2-10-11(14)12(17-6-16-10)18-7-3-4-9(15)8(13)5-7/h3-6H,2,15H2,1H3. The molecule has 1 aromatic heterocycles. The van der Waals surface area contributed by atoms with E-state index in [-0.39, 0.29) is 5.88 Å². The summed E-state index contributed by atoms with van der Waals surface area (Å²) in [4.78, 5) is 7.57. The van der Waals surface area contributed by atoms with E-state index in [4.69, 9.17) is 22.1 Å². The fraction of sp³-hybridized carbons (Fsp3) is 0.167.